The van der Waals surface area contributed by atoms with Crippen LogP contribution in [0.15, 0.2) is 18.2 Å². The number of rotatable bonds is 6. The lowest BCUT2D eigenvalue weighted by Gasteiger charge is -2.22. The molecule has 2 rings (SSSR count). The number of carbonyl (C=O) groups excluding carboxylic acids is 1. The number of hydrogen-bond acceptors (Lipinski definition) is 4. The van der Waals surface area contributed by atoms with Crippen molar-refractivity contribution in [2.75, 3.05) is 31.2 Å². The van der Waals surface area contributed by atoms with Gasteiger partial charge < -0.3 is 15.8 Å². The van der Waals surface area contributed by atoms with Crippen LogP contribution in [0.3, 0.4) is 0 Å². The van der Waals surface area contributed by atoms with E-state index < -0.39 is 0 Å². The summed E-state index contributed by atoms with van der Waals surface area (Å²) >= 11 is 0. The molecule has 1 aromatic rings. The molecule has 0 aromatic heterocycles. The Morgan fingerprint density at radius 2 is 2.33 bits per heavy atom. The average molecular weight is 291 g/mol. The van der Waals surface area contributed by atoms with Gasteiger partial charge in [0.05, 0.1) is 12.8 Å². The highest BCUT2D eigenvalue weighted by Gasteiger charge is 2.22. The van der Waals surface area contributed by atoms with Crippen molar-refractivity contribution in [3.63, 3.8) is 0 Å². The number of benzene rings is 1. The van der Waals surface area contributed by atoms with E-state index in [2.05, 4.69) is 17.1 Å². The summed E-state index contributed by atoms with van der Waals surface area (Å²) in [7, 11) is 1.58. The molecule has 1 unspecified atom stereocenters. The minimum atomic E-state index is 0.000605. The molecule has 21 heavy (non-hydrogen) atoms. The first-order chi connectivity index (χ1) is 10.1. The largest absolute Gasteiger partial charge is 0.495 e. The Morgan fingerprint density at radius 3 is 3.05 bits per heavy atom. The summed E-state index contributed by atoms with van der Waals surface area (Å²) in [5.74, 6) is 0.630. The van der Waals surface area contributed by atoms with Crippen LogP contribution in [0.2, 0.25) is 0 Å². The summed E-state index contributed by atoms with van der Waals surface area (Å²) in [5.41, 5.74) is 7.00. The first-order valence-corrected chi connectivity index (χ1v) is 7.61. The van der Waals surface area contributed by atoms with Crippen molar-refractivity contribution >= 4 is 17.3 Å². The number of methoxy groups -OCH3 is 1. The fraction of sp³-hybridized carbons (Fsp3) is 0.562. The Bertz CT molecular complexity index is 490. The second-order valence-corrected chi connectivity index (χ2v) is 5.50. The highest BCUT2D eigenvalue weighted by molar-refractivity contribution is 5.93. The van der Waals surface area contributed by atoms with Crippen LogP contribution in [0.1, 0.15) is 32.6 Å². The molecule has 5 heteroatoms. The number of hydrogen-bond donors (Lipinski definition) is 2. The SMILES string of the molecule is CCC1CCCN1CCC(=O)Nc1cc(N)ccc1OC. The predicted molar refractivity (Wildman–Crippen MR) is 85.5 cm³/mol. The van der Waals surface area contributed by atoms with Crippen molar-refractivity contribution in [2.24, 2.45) is 0 Å². The zero-order valence-electron chi connectivity index (χ0n) is 12.9. The Hall–Kier alpha value is -1.75. The first-order valence-electron chi connectivity index (χ1n) is 7.61. The van der Waals surface area contributed by atoms with Crippen LogP contribution in [0.25, 0.3) is 0 Å². The minimum Gasteiger partial charge on any atom is -0.495 e. The van der Waals surface area contributed by atoms with Crippen molar-refractivity contribution in [1.82, 2.24) is 4.90 Å². The highest BCUT2D eigenvalue weighted by Crippen LogP contribution is 2.26. The van der Waals surface area contributed by atoms with Crippen LogP contribution in [-0.2, 0) is 4.79 Å². The van der Waals surface area contributed by atoms with Gasteiger partial charge in [-0.25, -0.2) is 0 Å². The van der Waals surface area contributed by atoms with Crippen molar-refractivity contribution in [3.05, 3.63) is 18.2 Å². The van der Waals surface area contributed by atoms with Crippen LogP contribution >= 0.6 is 0 Å². The van der Waals surface area contributed by atoms with Crippen molar-refractivity contribution in [3.8, 4) is 5.75 Å². The number of carbonyl (C=O) groups is 1. The van der Waals surface area contributed by atoms with Crippen LogP contribution in [0.5, 0.6) is 5.75 Å². The number of nitrogen functional groups attached to an aromatic ring is 1. The molecule has 1 aliphatic rings. The third-order valence-electron chi connectivity index (χ3n) is 4.09. The third-order valence-corrected chi connectivity index (χ3v) is 4.09. The minimum absolute atomic E-state index is 0.000605. The van der Waals surface area contributed by atoms with Gasteiger partial charge in [-0.1, -0.05) is 6.92 Å². The molecule has 0 radical (unpaired) electrons. The maximum atomic E-state index is 12.1. The summed E-state index contributed by atoms with van der Waals surface area (Å²) in [4.78, 5) is 14.5. The van der Waals surface area contributed by atoms with Crippen LogP contribution in [0.4, 0.5) is 11.4 Å². The lowest BCUT2D eigenvalue weighted by atomic mass is 10.1. The molecular weight excluding hydrogens is 266 g/mol. The molecule has 1 aromatic carbocycles. The van der Waals surface area contributed by atoms with Crippen LogP contribution < -0.4 is 15.8 Å². The van der Waals surface area contributed by atoms with E-state index in [1.807, 2.05) is 0 Å². The van der Waals surface area contributed by atoms with E-state index in [0.29, 0.717) is 29.6 Å². The molecule has 1 saturated heterocycles. The van der Waals surface area contributed by atoms with Gasteiger partial charge >= 0.3 is 0 Å². The second kappa shape index (κ2) is 7.31. The topological polar surface area (TPSA) is 67.6 Å². The molecule has 1 aliphatic heterocycles. The third kappa shape index (κ3) is 4.11. The second-order valence-electron chi connectivity index (χ2n) is 5.50. The number of likely N-dealkylation sites (tertiary alicyclic amines) is 1. The molecular formula is C16H25N3O2. The van der Waals surface area contributed by atoms with Gasteiger partial charge in [-0.3, -0.25) is 9.69 Å². The number of nitrogens with two attached hydrogens (primary N) is 1. The van der Waals surface area contributed by atoms with Crippen LogP contribution in [0, 0.1) is 0 Å². The fourth-order valence-electron chi connectivity index (χ4n) is 2.93. The zero-order valence-corrected chi connectivity index (χ0v) is 12.9. The maximum absolute atomic E-state index is 12.1. The molecule has 0 spiro atoms. The van der Waals surface area contributed by atoms with E-state index in [1.54, 1.807) is 25.3 Å². The van der Waals surface area contributed by atoms with Crippen LogP contribution in [-0.4, -0.2) is 37.0 Å². The van der Waals surface area contributed by atoms with E-state index in [4.69, 9.17) is 10.5 Å². The monoisotopic (exact) mass is 291 g/mol. The maximum Gasteiger partial charge on any atom is 0.225 e. The fourth-order valence-corrected chi connectivity index (χ4v) is 2.93. The van der Waals surface area contributed by atoms with Crippen molar-refractivity contribution < 1.29 is 9.53 Å². The molecule has 1 amide bonds. The quantitative estimate of drug-likeness (QED) is 0.790. The van der Waals surface area contributed by atoms with Gasteiger partial charge in [0.1, 0.15) is 5.75 Å². The standard InChI is InChI=1S/C16H25N3O2/c1-3-13-5-4-9-19(13)10-8-16(20)18-14-11-12(17)6-7-15(14)21-2/h6-7,11,13H,3-5,8-10,17H2,1-2H3,(H,18,20). The lowest BCUT2D eigenvalue weighted by Crippen LogP contribution is -2.32. The lowest BCUT2D eigenvalue weighted by molar-refractivity contribution is -0.116. The van der Waals surface area contributed by atoms with Crippen molar-refractivity contribution in [2.45, 2.75) is 38.6 Å². The molecule has 0 saturated carbocycles. The van der Waals surface area contributed by atoms with Crippen molar-refractivity contribution in [1.29, 1.82) is 0 Å². The van der Waals surface area contributed by atoms with E-state index in [-0.39, 0.29) is 5.91 Å². The number of anilines is 2. The van der Waals surface area contributed by atoms with Gasteiger partial charge in [-0.2, -0.15) is 0 Å². The van der Waals surface area contributed by atoms with E-state index in [0.717, 1.165) is 19.5 Å². The normalized spacial score (nSPS) is 18.7. The molecule has 1 fully saturated rings. The smallest absolute Gasteiger partial charge is 0.225 e. The molecule has 1 heterocycles. The molecule has 0 bridgehead atoms. The summed E-state index contributed by atoms with van der Waals surface area (Å²) in [6, 6.07) is 5.88. The highest BCUT2D eigenvalue weighted by atomic mass is 16.5. The molecule has 3 N–H and O–H groups in total. The number of nitrogens with zero attached hydrogens (tertiary/aromatic N) is 1. The van der Waals surface area contributed by atoms with Gasteiger partial charge in [0.25, 0.3) is 0 Å². The Labute approximate surface area is 126 Å². The summed E-state index contributed by atoms with van der Waals surface area (Å²) in [5, 5.41) is 2.89. The van der Waals surface area contributed by atoms with E-state index in [9.17, 15) is 4.79 Å². The van der Waals surface area contributed by atoms with Gasteiger partial charge in [0.15, 0.2) is 0 Å². The van der Waals surface area contributed by atoms with Gasteiger partial charge in [0, 0.05) is 24.7 Å². The Balaban J connectivity index is 1.88. The molecule has 1 atom stereocenters. The van der Waals surface area contributed by atoms with Gasteiger partial charge in [-0.05, 0) is 44.0 Å². The predicted octanol–water partition coefficient (Wildman–Crippen LogP) is 2.48. The molecule has 0 aliphatic carbocycles. The van der Waals surface area contributed by atoms with E-state index >= 15 is 0 Å². The Morgan fingerprint density at radius 1 is 1.52 bits per heavy atom. The van der Waals surface area contributed by atoms with Gasteiger partial charge in [0.2, 0.25) is 5.91 Å². The summed E-state index contributed by atoms with van der Waals surface area (Å²) < 4.78 is 5.23. The van der Waals surface area contributed by atoms with Gasteiger partial charge in [-0.15, -0.1) is 0 Å². The summed E-state index contributed by atoms with van der Waals surface area (Å²) in [6.45, 7) is 4.13. The number of ether oxygens (including phenoxy) is 1. The summed E-state index contributed by atoms with van der Waals surface area (Å²) in [6.07, 6.45) is 4.14. The first kappa shape index (κ1) is 15.6. The zero-order chi connectivity index (χ0) is 15.2. The number of amides is 1. The Kier molecular flexibility index (Phi) is 5.44. The average Bonchev–Trinajstić information content (AvgIpc) is 2.93. The van der Waals surface area contributed by atoms with E-state index in [1.165, 1.54) is 12.8 Å². The molecule has 5 nitrogen and oxygen atoms in total. The number of nitrogens with one attached hydrogen (secondary N) is 1. The molecule has 116 valence electrons.